The fourth-order valence-electron chi connectivity index (χ4n) is 1.20. The van der Waals surface area contributed by atoms with Crippen LogP contribution in [0, 0.1) is 0 Å². The van der Waals surface area contributed by atoms with E-state index in [-0.39, 0.29) is 0 Å². The van der Waals surface area contributed by atoms with Gasteiger partial charge in [-0.3, -0.25) is 0 Å². The molecular formula is C11H12BrClN2. The molecule has 0 saturated carbocycles. The van der Waals surface area contributed by atoms with Crippen LogP contribution < -0.4 is 4.90 Å². The Labute approximate surface area is 103 Å². The van der Waals surface area contributed by atoms with Gasteiger partial charge in [0, 0.05) is 19.3 Å². The fraction of sp³-hybridized carbons (Fsp3) is 0.182. The van der Waals surface area contributed by atoms with Gasteiger partial charge in [-0.2, -0.15) is 0 Å². The van der Waals surface area contributed by atoms with Crippen molar-refractivity contribution >= 4 is 33.3 Å². The number of halogens is 2. The smallest absolute Gasteiger partial charge is 0.143 e. The lowest BCUT2D eigenvalue weighted by Gasteiger charge is -2.21. The Morgan fingerprint density at radius 2 is 2.00 bits per heavy atom. The molecule has 0 aliphatic rings. The van der Waals surface area contributed by atoms with Crippen LogP contribution in [0.5, 0.6) is 0 Å². The molecule has 0 amide bonds. The maximum atomic E-state index is 5.82. The summed E-state index contributed by atoms with van der Waals surface area (Å²) < 4.78 is 0.874. The molecule has 0 unspecified atom stereocenters. The SMILES string of the molecule is C=CCN(CC=C)c1ncc(Cl)cc1Br. The second kappa shape index (κ2) is 5.93. The van der Waals surface area contributed by atoms with Gasteiger partial charge in [0.1, 0.15) is 5.82 Å². The van der Waals surface area contributed by atoms with Gasteiger partial charge in [-0.25, -0.2) is 4.98 Å². The lowest BCUT2D eigenvalue weighted by atomic mass is 10.4. The van der Waals surface area contributed by atoms with Crippen LogP contribution in [0.2, 0.25) is 5.02 Å². The van der Waals surface area contributed by atoms with Gasteiger partial charge in [-0.15, -0.1) is 13.2 Å². The van der Waals surface area contributed by atoms with E-state index in [1.54, 1.807) is 6.20 Å². The average Bonchev–Trinajstić information content (AvgIpc) is 2.17. The van der Waals surface area contributed by atoms with Crippen molar-refractivity contribution in [2.75, 3.05) is 18.0 Å². The maximum absolute atomic E-state index is 5.82. The first-order valence-corrected chi connectivity index (χ1v) is 5.64. The summed E-state index contributed by atoms with van der Waals surface area (Å²) in [5, 5.41) is 0.614. The van der Waals surface area contributed by atoms with Gasteiger partial charge in [-0.05, 0) is 22.0 Å². The Kier molecular flexibility index (Phi) is 4.85. The number of anilines is 1. The largest absolute Gasteiger partial charge is 0.348 e. The van der Waals surface area contributed by atoms with Crippen LogP contribution in [-0.4, -0.2) is 18.1 Å². The molecule has 15 heavy (non-hydrogen) atoms. The van der Waals surface area contributed by atoms with Crippen molar-refractivity contribution in [1.29, 1.82) is 0 Å². The molecular weight excluding hydrogens is 275 g/mol. The second-order valence-electron chi connectivity index (χ2n) is 2.94. The minimum atomic E-state index is 0.614. The summed E-state index contributed by atoms with van der Waals surface area (Å²) in [4.78, 5) is 6.31. The van der Waals surface area contributed by atoms with E-state index in [2.05, 4.69) is 34.1 Å². The van der Waals surface area contributed by atoms with Crippen LogP contribution in [0.25, 0.3) is 0 Å². The zero-order valence-corrected chi connectivity index (χ0v) is 10.6. The summed E-state index contributed by atoms with van der Waals surface area (Å²) >= 11 is 9.25. The maximum Gasteiger partial charge on any atom is 0.143 e. The highest BCUT2D eigenvalue weighted by Crippen LogP contribution is 2.26. The van der Waals surface area contributed by atoms with E-state index in [0.717, 1.165) is 23.4 Å². The highest BCUT2D eigenvalue weighted by Gasteiger charge is 2.09. The zero-order chi connectivity index (χ0) is 11.3. The minimum absolute atomic E-state index is 0.614. The van der Waals surface area contributed by atoms with Crippen LogP contribution in [-0.2, 0) is 0 Å². The molecule has 80 valence electrons. The van der Waals surface area contributed by atoms with Gasteiger partial charge in [0.15, 0.2) is 0 Å². The van der Waals surface area contributed by atoms with Crippen molar-refractivity contribution in [2.45, 2.75) is 0 Å². The third-order valence-electron chi connectivity index (χ3n) is 1.79. The average molecular weight is 288 g/mol. The Bertz CT molecular complexity index is 356. The van der Waals surface area contributed by atoms with E-state index >= 15 is 0 Å². The number of hydrogen-bond acceptors (Lipinski definition) is 2. The lowest BCUT2D eigenvalue weighted by Crippen LogP contribution is -2.24. The topological polar surface area (TPSA) is 16.1 Å². The first-order chi connectivity index (χ1) is 7.19. The number of pyridine rings is 1. The molecule has 0 spiro atoms. The highest BCUT2D eigenvalue weighted by atomic mass is 79.9. The van der Waals surface area contributed by atoms with E-state index < -0.39 is 0 Å². The normalized spacial score (nSPS) is 9.73. The van der Waals surface area contributed by atoms with Gasteiger partial charge in [0.05, 0.1) is 9.50 Å². The predicted molar refractivity (Wildman–Crippen MR) is 69.6 cm³/mol. The fourth-order valence-corrected chi connectivity index (χ4v) is 2.09. The van der Waals surface area contributed by atoms with Crippen molar-refractivity contribution in [3.05, 3.63) is 47.1 Å². The van der Waals surface area contributed by atoms with E-state index in [1.165, 1.54) is 0 Å². The van der Waals surface area contributed by atoms with Crippen LogP contribution in [0.4, 0.5) is 5.82 Å². The van der Waals surface area contributed by atoms with E-state index in [9.17, 15) is 0 Å². The summed E-state index contributed by atoms with van der Waals surface area (Å²) in [5.41, 5.74) is 0. The third-order valence-corrected chi connectivity index (χ3v) is 2.58. The molecule has 0 N–H and O–H groups in total. The first-order valence-electron chi connectivity index (χ1n) is 4.46. The van der Waals surface area contributed by atoms with Gasteiger partial charge in [0.25, 0.3) is 0 Å². The second-order valence-corrected chi connectivity index (χ2v) is 4.23. The molecule has 0 fully saturated rings. The number of rotatable bonds is 5. The summed E-state index contributed by atoms with van der Waals surface area (Å²) in [6.45, 7) is 8.86. The summed E-state index contributed by atoms with van der Waals surface area (Å²) in [5.74, 6) is 0.846. The van der Waals surface area contributed by atoms with Crippen molar-refractivity contribution in [3.63, 3.8) is 0 Å². The summed E-state index contributed by atoms with van der Waals surface area (Å²) in [6, 6.07) is 1.82. The quantitative estimate of drug-likeness (QED) is 0.768. The molecule has 0 aliphatic heterocycles. The molecule has 0 bridgehead atoms. The van der Waals surface area contributed by atoms with E-state index in [4.69, 9.17) is 11.6 Å². The molecule has 1 aromatic heterocycles. The molecule has 0 radical (unpaired) electrons. The van der Waals surface area contributed by atoms with Crippen molar-refractivity contribution in [2.24, 2.45) is 0 Å². The third kappa shape index (κ3) is 3.36. The Morgan fingerprint density at radius 1 is 1.40 bits per heavy atom. The standard InChI is InChI=1S/C11H12BrClN2/c1-3-5-15(6-4-2)11-10(12)7-9(13)8-14-11/h3-4,7-8H,1-2,5-6H2. The molecule has 0 saturated heterocycles. The molecule has 0 aliphatic carbocycles. The number of nitrogens with zero attached hydrogens (tertiary/aromatic N) is 2. The van der Waals surface area contributed by atoms with Crippen molar-refractivity contribution < 1.29 is 0 Å². The van der Waals surface area contributed by atoms with Gasteiger partial charge >= 0.3 is 0 Å². The monoisotopic (exact) mass is 286 g/mol. The molecule has 2 nitrogen and oxygen atoms in total. The van der Waals surface area contributed by atoms with E-state index in [0.29, 0.717) is 5.02 Å². The Morgan fingerprint density at radius 3 is 2.47 bits per heavy atom. The van der Waals surface area contributed by atoms with Crippen LogP contribution in [0.3, 0.4) is 0 Å². The summed E-state index contributed by atoms with van der Waals surface area (Å²) in [6.07, 6.45) is 5.28. The van der Waals surface area contributed by atoms with E-state index in [1.807, 2.05) is 23.1 Å². The highest BCUT2D eigenvalue weighted by molar-refractivity contribution is 9.10. The number of hydrogen-bond donors (Lipinski definition) is 0. The number of aromatic nitrogens is 1. The molecule has 0 atom stereocenters. The van der Waals surface area contributed by atoms with Crippen molar-refractivity contribution in [3.8, 4) is 0 Å². The van der Waals surface area contributed by atoms with Crippen LogP contribution in [0.15, 0.2) is 42.0 Å². The van der Waals surface area contributed by atoms with Gasteiger partial charge < -0.3 is 4.90 Å². The van der Waals surface area contributed by atoms with Gasteiger partial charge in [0.2, 0.25) is 0 Å². The van der Waals surface area contributed by atoms with Crippen molar-refractivity contribution in [1.82, 2.24) is 4.98 Å². The Hall–Kier alpha value is -0.800. The van der Waals surface area contributed by atoms with Crippen LogP contribution in [0.1, 0.15) is 0 Å². The van der Waals surface area contributed by atoms with Gasteiger partial charge in [-0.1, -0.05) is 23.8 Å². The van der Waals surface area contributed by atoms with Crippen LogP contribution >= 0.6 is 27.5 Å². The zero-order valence-electron chi connectivity index (χ0n) is 8.29. The molecule has 1 aromatic rings. The molecule has 4 heteroatoms. The predicted octanol–water partition coefficient (Wildman–Crippen LogP) is 3.68. The first kappa shape index (κ1) is 12.3. The summed E-state index contributed by atoms with van der Waals surface area (Å²) in [7, 11) is 0. The minimum Gasteiger partial charge on any atom is -0.348 e. The lowest BCUT2D eigenvalue weighted by molar-refractivity contribution is 0.922. The Balaban J connectivity index is 2.98. The molecule has 1 heterocycles. The molecule has 0 aromatic carbocycles. The molecule has 1 rings (SSSR count).